The molecule has 0 saturated heterocycles. The molecular formula is C26H26BrClN4O2. The minimum Gasteiger partial charge on any atom is -0.493 e. The highest BCUT2D eigenvalue weighted by Crippen LogP contribution is 2.32. The second-order valence-electron chi connectivity index (χ2n) is 7.89. The topological polar surface area (TPSA) is 75.1 Å². The van der Waals surface area contributed by atoms with Crippen LogP contribution in [0.5, 0.6) is 5.75 Å². The number of aliphatic imine (C=N–C) groups is 2. The molecule has 6 nitrogen and oxygen atoms in total. The maximum absolute atomic E-state index is 12.0. The van der Waals surface area contributed by atoms with Crippen LogP contribution in [-0.2, 0) is 4.79 Å². The van der Waals surface area contributed by atoms with E-state index in [0.717, 1.165) is 52.3 Å². The molecule has 2 aromatic rings. The van der Waals surface area contributed by atoms with Crippen molar-refractivity contribution in [2.75, 3.05) is 19.7 Å². The van der Waals surface area contributed by atoms with E-state index in [4.69, 9.17) is 21.3 Å². The van der Waals surface area contributed by atoms with Crippen LogP contribution in [0, 0.1) is 0 Å². The Morgan fingerprint density at radius 2 is 1.82 bits per heavy atom. The number of nitrogens with zero attached hydrogens (tertiary/aromatic N) is 2. The molecule has 2 N–H and O–H groups in total. The normalized spacial score (nSPS) is 16.6. The Labute approximate surface area is 213 Å². The number of amides is 1. The molecule has 0 aromatic heterocycles. The van der Waals surface area contributed by atoms with E-state index in [0.29, 0.717) is 24.6 Å². The SMILES string of the molecule is O=C(CCOc1ccccc1)NCCCCNC1=CC(c2ccccc2Cl)=NC2=C(Br)C=NC12. The third-order valence-electron chi connectivity index (χ3n) is 5.41. The third-order valence-corrected chi connectivity index (χ3v) is 6.35. The molecule has 2 heterocycles. The highest BCUT2D eigenvalue weighted by molar-refractivity contribution is 9.12. The van der Waals surface area contributed by atoms with Crippen molar-refractivity contribution in [3.63, 3.8) is 0 Å². The van der Waals surface area contributed by atoms with Gasteiger partial charge in [0.1, 0.15) is 11.8 Å². The average Bonchev–Trinajstić information content (AvgIpc) is 3.23. The lowest BCUT2D eigenvalue weighted by atomic mass is 10.0. The highest BCUT2D eigenvalue weighted by atomic mass is 79.9. The van der Waals surface area contributed by atoms with Crippen molar-refractivity contribution < 1.29 is 9.53 Å². The van der Waals surface area contributed by atoms with E-state index in [9.17, 15) is 4.79 Å². The van der Waals surface area contributed by atoms with Gasteiger partial charge in [0, 0.05) is 35.6 Å². The van der Waals surface area contributed by atoms with Crippen LogP contribution in [0.2, 0.25) is 5.02 Å². The lowest BCUT2D eigenvalue weighted by molar-refractivity contribution is -0.121. The molecule has 0 bridgehead atoms. The molecule has 2 aliphatic heterocycles. The molecule has 34 heavy (non-hydrogen) atoms. The van der Waals surface area contributed by atoms with Gasteiger partial charge in [0.15, 0.2) is 0 Å². The Hall–Kier alpha value is -2.90. The molecule has 0 fully saturated rings. The van der Waals surface area contributed by atoms with Gasteiger partial charge < -0.3 is 15.4 Å². The second kappa shape index (κ2) is 12.0. The molecule has 0 aliphatic carbocycles. The second-order valence-corrected chi connectivity index (χ2v) is 9.15. The summed E-state index contributed by atoms with van der Waals surface area (Å²) in [4.78, 5) is 21.4. The smallest absolute Gasteiger partial charge is 0.223 e. The average molecular weight is 542 g/mol. The molecule has 0 saturated carbocycles. The summed E-state index contributed by atoms with van der Waals surface area (Å²) in [5.74, 6) is 0.775. The van der Waals surface area contributed by atoms with Gasteiger partial charge in [-0.3, -0.25) is 9.79 Å². The van der Waals surface area contributed by atoms with Gasteiger partial charge in [-0.25, -0.2) is 4.99 Å². The summed E-state index contributed by atoms with van der Waals surface area (Å²) < 4.78 is 6.45. The number of hydrogen-bond donors (Lipinski definition) is 2. The van der Waals surface area contributed by atoms with Crippen molar-refractivity contribution in [3.05, 3.63) is 87.1 Å². The molecule has 0 spiro atoms. The van der Waals surface area contributed by atoms with Gasteiger partial charge in [-0.2, -0.15) is 0 Å². The van der Waals surface area contributed by atoms with Crippen LogP contribution in [0.1, 0.15) is 24.8 Å². The van der Waals surface area contributed by atoms with E-state index in [2.05, 4.69) is 31.6 Å². The number of rotatable bonds is 11. The highest BCUT2D eigenvalue weighted by Gasteiger charge is 2.29. The number of halogens is 2. The minimum atomic E-state index is -0.134. The predicted molar refractivity (Wildman–Crippen MR) is 141 cm³/mol. The molecule has 2 aromatic carbocycles. The van der Waals surface area contributed by atoms with Crippen molar-refractivity contribution in [2.45, 2.75) is 25.3 Å². The van der Waals surface area contributed by atoms with Crippen molar-refractivity contribution in [1.82, 2.24) is 10.6 Å². The maximum atomic E-state index is 12.0. The van der Waals surface area contributed by atoms with Gasteiger partial charge in [-0.05, 0) is 53.0 Å². The maximum Gasteiger partial charge on any atom is 0.223 e. The number of ether oxygens (including phenoxy) is 1. The molecule has 2 aliphatic rings. The quantitative estimate of drug-likeness (QED) is 0.391. The van der Waals surface area contributed by atoms with Gasteiger partial charge >= 0.3 is 0 Å². The molecule has 1 atom stereocenters. The van der Waals surface area contributed by atoms with E-state index in [-0.39, 0.29) is 11.9 Å². The van der Waals surface area contributed by atoms with Gasteiger partial charge in [-0.15, -0.1) is 0 Å². The van der Waals surface area contributed by atoms with Gasteiger partial charge in [-0.1, -0.05) is 48.0 Å². The number of carbonyl (C=O) groups is 1. The Morgan fingerprint density at radius 1 is 1.06 bits per heavy atom. The van der Waals surface area contributed by atoms with E-state index < -0.39 is 0 Å². The van der Waals surface area contributed by atoms with Gasteiger partial charge in [0.05, 0.1) is 28.9 Å². The molecule has 4 rings (SSSR count). The summed E-state index contributed by atoms with van der Waals surface area (Å²) in [5, 5.41) is 7.12. The van der Waals surface area contributed by atoms with Crippen LogP contribution >= 0.6 is 27.5 Å². The fraction of sp³-hybridized carbons (Fsp3) is 0.269. The first-order valence-corrected chi connectivity index (χ1v) is 12.5. The zero-order chi connectivity index (χ0) is 23.8. The molecule has 8 heteroatoms. The van der Waals surface area contributed by atoms with Crippen LogP contribution in [0.4, 0.5) is 0 Å². The number of unbranched alkanes of at least 4 members (excludes halogenated alkanes) is 1. The van der Waals surface area contributed by atoms with E-state index in [1.807, 2.05) is 60.7 Å². The predicted octanol–water partition coefficient (Wildman–Crippen LogP) is 5.04. The number of hydrogen-bond acceptors (Lipinski definition) is 5. The lowest BCUT2D eigenvalue weighted by Gasteiger charge is -2.22. The summed E-state index contributed by atoms with van der Waals surface area (Å²) in [5.41, 5.74) is 3.57. The van der Waals surface area contributed by atoms with Gasteiger partial charge in [0.25, 0.3) is 0 Å². The zero-order valence-electron chi connectivity index (χ0n) is 18.6. The Morgan fingerprint density at radius 3 is 2.65 bits per heavy atom. The van der Waals surface area contributed by atoms with Crippen LogP contribution < -0.4 is 15.4 Å². The van der Waals surface area contributed by atoms with Crippen LogP contribution in [0.15, 0.2) is 86.5 Å². The fourth-order valence-corrected chi connectivity index (χ4v) is 4.33. The number of benzene rings is 2. The van der Waals surface area contributed by atoms with E-state index in [1.165, 1.54) is 0 Å². The Balaban J connectivity index is 1.21. The zero-order valence-corrected chi connectivity index (χ0v) is 21.0. The van der Waals surface area contributed by atoms with Crippen molar-refractivity contribution in [2.24, 2.45) is 9.98 Å². The van der Waals surface area contributed by atoms with E-state index >= 15 is 0 Å². The third kappa shape index (κ3) is 6.36. The first kappa shape index (κ1) is 24.2. The van der Waals surface area contributed by atoms with E-state index in [1.54, 1.807) is 6.21 Å². The van der Waals surface area contributed by atoms with Crippen LogP contribution in [-0.4, -0.2) is 43.6 Å². The Kier molecular flexibility index (Phi) is 8.55. The van der Waals surface area contributed by atoms with Crippen LogP contribution in [0.25, 0.3) is 0 Å². The fourth-order valence-electron chi connectivity index (χ4n) is 3.67. The minimum absolute atomic E-state index is 0.000561. The number of carbonyl (C=O) groups excluding carboxylic acids is 1. The molecule has 176 valence electrons. The van der Waals surface area contributed by atoms with Crippen molar-refractivity contribution in [3.8, 4) is 5.75 Å². The summed E-state index contributed by atoms with van der Waals surface area (Å²) in [7, 11) is 0. The summed E-state index contributed by atoms with van der Waals surface area (Å²) in [6, 6.07) is 17.1. The molecule has 0 radical (unpaired) electrons. The number of para-hydroxylation sites is 1. The number of nitrogens with one attached hydrogen (secondary N) is 2. The molecular weight excluding hydrogens is 516 g/mol. The monoisotopic (exact) mass is 540 g/mol. The summed E-state index contributed by atoms with van der Waals surface area (Å²) in [6.07, 6.45) is 5.94. The first-order valence-electron chi connectivity index (χ1n) is 11.3. The standard InChI is InChI=1S/C26H26BrClN4O2/c27-20-17-31-26-23(16-22(32-25(20)26)19-10-4-5-11-21(19)28)29-13-6-7-14-30-24(33)12-15-34-18-8-2-1-3-9-18/h1-5,8-11,16-17,26,29H,6-7,12-15H2,(H,30,33). The molecule has 1 unspecified atom stereocenters. The Bertz CT molecular complexity index is 1140. The number of fused-ring (bicyclic) bond motifs is 1. The van der Waals surface area contributed by atoms with Gasteiger partial charge in [0.2, 0.25) is 5.91 Å². The largest absolute Gasteiger partial charge is 0.493 e. The lowest BCUT2D eigenvalue weighted by Crippen LogP contribution is -2.29. The number of allylic oxidation sites excluding steroid dienone is 2. The number of dihydropyridines is 1. The van der Waals surface area contributed by atoms with Crippen molar-refractivity contribution in [1.29, 1.82) is 0 Å². The van der Waals surface area contributed by atoms with Crippen molar-refractivity contribution >= 4 is 45.4 Å². The first-order chi connectivity index (χ1) is 16.6. The summed E-state index contributed by atoms with van der Waals surface area (Å²) in [6.45, 7) is 1.77. The summed E-state index contributed by atoms with van der Waals surface area (Å²) >= 11 is 9.96. The van der Waals surface area contributed by atoms with Crippen LogP contribution in [0.3, 0.4) is 0 Å². The molecule has 1 amide bonds.